The lowest BCUT2D eigenvalue weighted by molar-refractivity contribution is -0.142. The summed E-state index contributed by atoms with van der Waals surface area (Å²) in [6, 6.07) is 2.99. The van der Waals surface area contributed by atoms with Gasteiger partial charge in [0.1, 0.15) is 6.61 Å². The number of nitrogens with zero attached hydrogens (tertiary/aromatic N) is 2. The molecule has 0 saturated carbocycles. The van der Waals surface area contributed by atoms with Crippen molar-refractivity contribution in [3.8, 4) is 0 Å². The predicted octanol–water partition coefficient (Wildman–Crippen LogP) is 3.15. The summed E-state index contributed by atoms with van der Waals surface area (Å²) in [6.07, 6.45) is 0. The summed E-state index contributed by atoms with van der Waals surface area (Å²) in [4.78, 5) is 15.1. The van der Waals surface area contributed by atoms with Crippen LogP contribution >= 0.6 is 11.6 Å². The molecule has 0 aromatic heterocycles. The van der Waals surface area contributed by atoms with Gasteiger partial charge in [0, 0.05) is 37.7 Å². The van der Waals surface area contributed by atoms with Crippen molar-refractivity contribution in [1.82, 2.24) is 9.80 Å². The normalized spacial score (nSPS) is 20.4. The fourth-order valence-corrected chi connectivity index (χ4v) is 3.22. The third-order valence-corrected chi connectivity index (χ3v) is 4.60. The molecule has 144 valence electrons. The molecule has 0 spiro atoms. The Morgan fingerprint density at radius 1 is 1.19 bits per heavy atom. The van der Waals surface area contributed by atoms with E-state index in [-0.39, 0.29) is 60.1 Å². The monoisotopic (exact) mass is 395 g/mol. The lowest BCUT2D eigenvalue weighted by atomic mass is 9.96. The number of rotatable bonds is 8. The third kappa shape index (κ3) is 5.78. The van der Waals surface area contributed by atoms with Crippen molar-refractivity contribution in [1.29, 1.82) is 1.43 Å². The first-order valence-corrected chi connectivity index (χ1v) is 9.05. The Hall–Kier alpha value is -1.92. The molecule has 2 aromatic rings. The van der Waals surface area contributed by atoms with Crippen LogP contribution in [-0.2, 0) is 9.53 Å². The minimum atomic E-state index is -0.763. The van der Waals surface area contributed by atoms with E-state index >= 15 is 0 Å². The van der Waals surface area contributed by atoms with Gasteiger partial charge in [-0.2, -0.15) is 0 Å². The molecule has 0 radical (unpaired) electrons. The van der Waals surface area contributed by atoms with Crippen molar-refractivity contribution >= 4 is 17.6 Å². The van der Waals surface area contributed by atoms with Crippen molar-refractivity contribution in [2.24, 2.45) is 0 Å². The van der Waals surface area contributed by atoms with Gasteiger partial charge in [0.05, 0.1) is 20.9 Å². The smallest absolute Gasteiger partial charge is 0.329 e. The van der Waals surface area contributed by atoms with Gasteiger partial charge in [0.2, 0.25) is 0 Å². The van der Waals surface area contributed by atoms with E-state index in [1.807, 2.05) is 4.90 Å². The van der Waals surface area contributed by atoms with Crippen LogP contribution < -0.4 is 0 Å². The lowest BCUT2D eigenvalue weighted by Gasteiger charge is -2.39. The summed E-state index contributed by atoms with van der Waals surface area (Å²) >= 11 is 6.01. The van der Waals surface area contributed by atoms with E-state index in [9.17, 15) is 4.79 Å². The van der Waals surface area contributed by atoms with Crippen molar-refractivity contribution < 1.29 is 22.9 Å². The Kier molecular flexibility index (Phi) is 4.57. The molecule has 1 aliphatic rings. The number of piperazine rings is 1. The number of carboxylic acid groups (broad SMARTS) is 1. The number of hydrogen-bond acceptors (Lipinski definition) is 5. The Labute approximate surface area is 175 Å². The maximum absolute atomic E-state index is 11.0. The van der Waals surface area contributed by atoms with Gasteiger partial charge in [0.15, 0.2) is 0 Å². The molecule has 27 heavy (non-hydrogen) atoms. The molecule has 0 bridgehead atoms. The van der Waals surface area contributed by atoms with Crippen LogP contribution in [0.3, 0.4) is 0 Å². The molecule has 1 heterocycles. The maximum Gasteiger partial charge on any atom is 0.329 e. The SMILES string of the molecule is [2H]OC(=O)COCCN1CCN(C(c2cc([2H])cc([2H])c2)c2c([2H])c([2H])c(Cl)c([2H])c2[2H])CC1. The Morgan fingerprint density at radius 3 is 2.56 bits per heavy atom. The van der Waals surface area contributed by atoms with E-state index in [2.05, 4.69) is 10.0 Å². The van der Waals surface area contributed by atoms with Crippen LogP contribution in [0.2, 0.25) is 5.02 Å². The van der Waals surface area contributed by atoms with Crippen LogP contribution in [0.4, 0.5) is 0 Å². The van der Waals surface area contributed by atoms with Crippen LogP contribution in [0.1, 0.15) is 25.4 Å². The zero-order valence-electron chi connectivity index (χ0n) is 21.8. The van der Waals surface area contributed by atoms with E-state index in [0.29, 0.717) is 38.3 Å². The van der Waals surface area contributed by atoms with E-state index in [1.54, 1.807) is 12.1 Å². The molecule has 1 atom stereocenters. The Balaban J connectivity index is 1.86. The predicted molar refractivity (Wildman–Crippen MR) is 106 cm³/mol. The second-order valence-corrected chi connectivity index (χ2v) is 6.58. The van der Waals surface area contributed by atoms with Gasteiger partial charge in [-0.3, -0.25) is 9.80 Å². The van der Waals surface area contributed by atoms with Gasteiger partial charge in [-0.15, -0.1) is 0 Å². The average Bonchev–Trinajstić information content (AvgIpc) is 2.81. The minimum Gasteiger partial charge on any atom is -0.480 e. The fourth-order valence-electron chi connectivity index (χ4n) is 3.12. The molecule has 1 aliphatic heterocycles. The summed E-state index contributed by atoms with van der Waals surface area (Å²) in [7, 11) is 0. The Morgan fingerprint density at radius 2 is 1.89 bits per heavy atom. The zero-order valence-corrected chi connectivity index (χ0v) is 15.5. The highest BCUT2D eigenvalue weighted by Gasteiger charge is 2.26. The van der Waals surface area contributed by atoms with E-state index in [0.717, 1.165) is 0 Å². The van der Waals surface area contributed by atoms with Crippen LogP contribution in [0, 0.1) is 0 Å². The van der Waals surface area contributed by atoms with E-state index in [1.165, 1.54) is 6.07 Å². The average molecular weight is 396 g/mol. The van der Waals surface area contributed by atoms with Gasteiger partial charge in [-0.25, -0.2) is 4.79 Å². The second kappa shape index (κ2) is 9.85. The van der Waals surface area contributed by atoms with Crippen molar-refractivity contribution in [2.75, 3.05) is 45.9 Å². The number of ether oxygens (including phenoxy) is 1. The van der Waals surface area contributed by atoms with Gasteiger partial charge < -0.3 is 9.85 Å². The summed E-state index contributed by atoms with van der Waals surface area (Å²) in [6.45, 7) is 2.85. The number of benzene rings is 2. The number of aliphatic carboxylic acids is 1. The molecule has 3 rings (SSSR count). The number of hydrogen-bond donors (Lipinski definition) is 1. The molecular weight excluding hydrogens is 364 g/mol. The van der Waals surface area contributed by atoms with Crippen LogP contribution in [0.25, 0.3) is 1.43 Å². The first-order valence-electron chi connectivity index (χ1n) is 12.1. The number of carboxylic acids is 1. The van der Waals surface area contributed by atoms with Crippen LogP contribution in [0.15, 0.2) is 54.5 Å². The molecule has 1 fully saturated rings. The van der Waals surface area contributed by atoms with Crippen molar-refractivity contribution in [3.63, 3.8) is 0 Å². The lowest BCUT2D eigenvalue weighted by Crippen LogP contribution is -2.48. The largest absolute Gasteiger partial charge is 0.480 e. The standard InChI is InChI=1S/C21H25ClN2O3/c22-19-8-6-18(7-9-19)21(17-4-2-1-3-5-17)24-12-10-23(11-13-24)14-15-27-16-20(25)26/h1-9,21H,10-16H2,(H,25,26)/i2D,3D,6D,7D,8D,9D/hD. The molecule has 6 heteroatoms. The molecule has 1 unspecified atom stereocenters. The molecule has 0 amide bonds. The van der Waals surface area contributed by atoms with Gasteiger partial charge >= 0.3 is 5.97 Å². The first-order chi connectivity index (χ1) is 16.1. The van der Waals surface area contributed by atoms with Crippen LogP contribution in [0.5, 0.6) is 0 Å². The van der Waals surface area contributed by atoms with Gasteiger partial charge in [-0.1, -0.05) is 54.0 Å². The number of halogens is 1. The first kappa shape index (κ1) is 12.5. The quantitative estimate of drug-likeness (QED) is 0.696. The molecule has 5 nitrogen and oxygen atoms in total. The molecule has 2 aromatic carbocycles. The zero-order chi connectivity index (χ0) is 25.0. The summed E-state index contributed by atoms with van der Waals surface area (Å²) < 4.78 is 61.2. The van der Waals surface area contributed by atoms with Gasteiger partial charge in [-0.05, 0) is 23.2 Å². The molecule has 1 N–H and O–H groups in total. The molecule has 0 aliphatic carbocycles. The van der Waals surface area contributed by atoms with Crippen molar-refractivity contribution in [3.05, 3.63) is 70.6 Å². The highest BCUT2D eigenvalue weighted by molar-refractivity contribution is 6.30. The molecule has 1 saturated heterocycles. The maximum atomic E-state index is 11.0. The van der Waals surface area contributed by atoms with E-state index in [4.69, 9.17) is 26.0 Å². The highest BCUT2D eigenvalue weighted by atomic mass is 35.5. The van der Waals surface area contributed by atoms with Crippen molar-refractivity contribution in [2.45, 2.75) is 6.04 Å². The van der Waals surface area contributed by atoms with Gasteiger partial charge in [0.25, 0.3) is 1.43 Å². The summed E-state index contributed by atoms with van der Waals surface area (Å²) in [5, 5.41) is 3.56. The molecular formula is C21H25ClN2O3. The topological polar surface area (TPSA) is 53.0 Å². The fraction of sp³-hybridized carbons (Fsp3) is 0.381. The number of carbonyl (C=O) groups is 1. The second-order valence-electron chi connectivity index (χ2n) is 6.20. The van der Waals surface area contributed by atoms with Crippen LogP contribution in [-0.4, -0.2) is 66.8 Å². The minimum absolute atomic E-state index is 0.124. The third-order valence-electron chi connectivity index (χ3n) is 4.41. The highest BCUT2D eigenvalue weighted by Crippen LogP contribution is 2.30. The summed E-state index contributed by atoms with van der Waals surface area (Å²) in [5.74, 6) is -0.763. The van der Waals surface area contributed by atoms with E-state index < -0.39 is 12.0 Å². The summed E-state index contributed by atoms with van der Waals surface area (Å²) in [5.41, 5.74) is 0.710. The Bertz CT molecular complexity index is 1000.